The first-order valence-electron chi connectivity index (χ1n) is 14.7. The Hall–Kier alpha value is -4.96. The summed E-state index contributed by atoms with van der Waals surface area (Å²) in [5.41, 5.74) is 9.58. The zero-order valence-corrected chi connectivity index (χ0v) is 24.2. The van der Waals surface area contributed by atoms with Gasteiger partial charge in [-0.3, -0.25) is 9.55 Å². The molecule has 0 amide bonds. The van der Waals surface area contributed by atoms with Crippen LogP contribution in [0, 0.1) is 0 Å². The second kappa shape index (κ2) is 9.28. The third-order valence-electron chi connectivity index (χ3n) is 8.56. The normalized spacial score (nSPS) is 12.2. The minimum atomic E-state index is 0.250. The molecule has 0 spiro atoms. The predicted molar refractivity (Wildman–Crippen MR) is 175 cm³/mol. The largest absolute Gasteiger partial charge is 0.455 e. The van der Waals surface area contributed by atoms with E-state index in [1.807, 2.05) is 12.1 Å². The molecule has 0 saturated heterocycles. The van der Waals surface area contributed by atoms with Gasteiger partial charge >= 0.3 is 0 Å². The fraction of sp³-hybridized carbons (Fsp3) is 0.158. The lowest BCUT2D eigenvalue weighted by molar-refractivity contribution is 0.669. The van der Waals surface area contributed by atoms with Gasteiger partial charge in [-0.2, -0.15) is 0 Å². The molecule has 5 aromatic carbocycles. The fourth-order valence-corrected chi connectivity index (χ4v) is 6.67. The predicted octanol–water partition coefficient (Wildman–Crippen LogP) is 10.5. The zero-order valence-electron chi connectivity index (χ0n) is 24.2. The number of pyridine rings is 1. The first kappa shape index (κ1) is 24.8. The molecule has 42 heavy (non-hydrogen) atoms. The van der Waals surface area contributed by atoms with Gasteiger partial charge in [0.2, 0.25) is 0 Å². The van der Waals surface area contributed by atoms with E-state index in [0.29, 0.717) is 0 Å². The summed E-state index contributed by atoms with van der Waals surface area (Å²) in [5, 5.41) is 5.85. The highest BCUT2D eigenvalue weighted by Gasteiger charge is 2.26. The molecule has 4 heteroatoms. The van der Waals surface area contributed by atoms with Crippen molar-refractivity contribution in [1.82, 2.24) is 14.5 Å². The number of aromatic nitrogens is 3. The van der Waals surface area contributed by atoms with Crippen LogP contribution in [-0.4, -0.2) is 14.5 Å². The smallest absolute Gasteiger partial charge is 0.149 e. The van der Waals surface area contributed by atoms with Gasteiger partial charge in [0, 0.05) is 27.7 Å². The highest BCUT2D eigenvalue weighted by Crippen LogP contribution is 2.44. The Morgan fingerprint density at radius 1 is 0.643 bits per heavy atom. The van der Waals surface area contributed by atoms with Crippen molar-refractivity contribution in [3.05, 3.63) is 114 Å². The van der Waals surface area contributed by atoms with E-state index in [-0.39, 0.29) is 11.8 Å². The van der Waals surface area contributed by atoms with E-state index >= 15 is 0 Å². The highest BCUT2D eigenvalue weighted by molar-refractivity contribution is 6.10. The molecular formula is C38H31N3O. The Labute approximate surface area is 244 Å². The quantitative estimate of drug-likeness (QED) is 0.207. The van der Waals surface area contributed by atoms with Crippen LogP contribution in [0.2, 0.25) is 0 Å². The molecule has 8 aromatic rings. The minimum absolute atomic E-state index is 0.250. The number of para-hydroxylation sites is 5. The lowest BCUT2D eigenvalue weighted by atomic mass is 9.87. The molecule has 3 aromatic heterocycles. The summed E-state index contributed by atoms with van der Waals surface area (Å²) in [6.07, 6.45) is 2.07. The molecule has 0 bridgehead atoms. The van der Waals surface area contributed by atoms with E-state index in [2.05, 4.69) is 123 Å². The summed E-state index contributed by atoms with van der Waals surface area (Å²) in [7, 11) is 0. The van der Waals surface area contributed by atoms with Gasteiger partial charge in [-0.25, -0.2) is 4.98 Å². The van der Waals surface area contributed by atoms with E-state index in [1.165, 1.54) is 33.0 Å². The molecule has 8 rings (SSSR count). The van der Waals surface area contributed by atoms with Gasteiger partial charge in [0.15, 0.2) is 0 Å². The number of benzene rings is 5. The number of nitrogens with zero attached hydrogens (tertiary/aromatic N) is 3. The van der Waals surface area contributed by atoms with Crippen LogP contribution in [0.15, 0.2) is 108 Å². The van der Waals surface area contributed by atoms with Crippen molar-refractivity contribution in [3.8, 4) is 17.1 Å². The van der Waals surface area contributed by atoms with Crippen molar-refractivity contribution < 1.29 is 4.42 Å². The zero-order chi connectivity index (χ0) is 28.5. The van der Waals surface area contributed by atoms with E-state index in [1.54, 1.807) is 0 Å². The van der Waals surface area contributed by atoms with Crippen LogP contribution in [0.25, 0.3) is 71.7 Å². The second-order valence-corrected chi connectivity index (χ2v) is 11.8. The number of furan rings is 1. The van der Waals surface area contributed by atoms with Crippen molar-refractivity contribution in [1.29, 1.82) is 0 Å². The SMILES string of the molecule is CC(C)c1cc2c(cnc3ccccc32)c(C(C)C)c1-n1c(-c2cccc3c2oc2ccccc23)nc2ccccc21. The van der Waals surface area contributed by atoms with Crippen LogP contribution in [0.1, 0.15) is 50.7 Å². The lowest BCUT2D eigenvalue weighted by Crippen LogP contribution is -2.10. The molecule has 0 atom stereocenters. The molecule has 204 valence electrons. The monoisotopic (exact) mass is 545 g/mol. The summed E-state index contributed by atoms with van der Waals surface area (Å²) in [6.45, 7) is 9.15. The molecule has 0 fully saturated rings. The van der Waals surface area contributed by atoms with E-state index in [0.717, 1.165) is 49.9 Å². The maximum atomic E-state index is 6.54. The lowest BCUT2D eigenvalue weighted by Gasteiger charge is -2.25. The summed E-state index contributed by atoms with van der Waals surface area (Å²) in [5.74, 6) is 1.42. The Bertz CT molecular complexity index is 2320. The van der Waals surface area contributed by atoms with Gasteiger partial charge in [-0.05, 0) is 64.7 Å². The third kappa shape index (κ3) is 3.54. The van der Waals surface area contributed by atoms with E-state index in [4.69, 9.17) is 14.4 Å². The van der Waals surface area contributed by atoms with Gasteiger partial charge in [0.25, 0.3) is 0 Å². The van der Waals surface area contributed by atoms with Gasteiger partial charge in [-0.1, -0.05) is 88.4 Å². The average Bonchev–Trinajstić information content (AvgIpc) is 3.58. The molecule has 0 unspecified atom stereocenters. The Morgan fingerprint density at radius 2 is 1.36 bits per heavy atom. The minimum Gasteiger partial charge on any atom is -0.455 e. The molecular weight excluding hydrogens is 514 g/mol. The van der Waals surface area contributed by atoms with Gasteiger partial charge < -0.3 is 4.42 Å². The van der Waals surface area contributed by atoms with Crippen LogP contribution in [0.4, 0.5) is 0 Å². The average molecular weight is 546 g/mol. The van der Waals surface area contributed by atoms with Crippen molar-refractivity contribution in [2.45, 2.75) is 39.5 Å². The highest BCUT2D eigenvalue weighted by atomic mass is 16.3. The summed E-state index contributed by atoms with van der Waals surface area (Å²) < 4.78 is 8.92. The van der Waals surface area contributed by atoms with Crippen molar-refractivity contribution >= 4 is 54.6 Å². The van der Waals surface area contributed by atoms with Crippen molar-refractivity contribution in [2.75, 3.05) is 0 Å². The Kier molecular flexibility index (Phi) is 5.48. The first-order valence-corrected chi connectivity index (χ1v) is 14.7. The summed E-state index contributed by atoms with van der Waals surface area (Å²) in [4.78, 5) is 10.2. The maximum Gasteiger partial charge on any atom is 0.149 e. The van der Waals surface area contributed by atoms with E-state index in [9.17, 15) is 0 Å². The number of hydrogen-bond donors (Lipinski definition) is 0. The molecule has 4 nitrogen and oxygen atoms in total. The van der Waals surface area contributed by atoms with Gasteiger partial charge in [-0.15, -0.1) is 0 Å². The second-order valence-electron chi connectivity index (χ2n) is 11.8. The van der Waals surface area contributed by atoms with Crippen molar-refractivity contribution in [3.63, 3.8) is 0 Å². The molecule has 3 heterocycles. The number of rotatable bonds is 4. The summed E-state index contributed by atoms with van der Waals surface area (Å²) in [6, 6.07) is 34.0. The third-order valence-corrected chi connectivity index (χ3v) is 8.56. The van der Waals surface area contributed by atoms with Crippen LogP contribution in [0.3, 0.4) is 0 Å². The molecule has 0 aliphatic heterocycles. The van der Waals surface area contributed by atoms with Crippen LogP contribution < -0.4 is 0 Å². The maximum absolute atomic E-state index is 6.54. The van der Waals surface area contributed by atoms with Crippen molar-refractivity contribution in [2.24, 2.45) is 0 Å². The molecule has 0 aliphatic carbocycles. The fourth-order valence-electron chi connectivity index (χ4n) is 6.67. The number of hydrogen-bond acceptors (Lipinski definition) is 3. The summed E-state index contributed by atoms with van der Waals surface area (Å²) >= 11 is 0. The molecule has 0 aliphatic rings. The van der Waals surface area contributed by atoms with Crippen LogP contribution in [0.5, 0.6) is 0 Å². The van der Waals surface area contributed by atoms with Crippen LogP contribution in [-0.2, 0) is 0 Å². The van der Waals surface area contributed by atoms with Crippen LogP contribution >= 0.6 is 0 Å². The topological polar surface area (TPSA) is 43.9 Å². The molecule has 0 saturated carbocycles. The first-order chi connectivity index (χ1) is 20.5. The van der Waals surface area contributed by atoms with E-state index < -0.39 is 0 Å². The van der Waals surface area contributed by atoms with Gasteiger partial charge in [0.05, 0.1) is 27.8 Å². The Balaban J connectivity index is 1.55. The molecule has 0 N–H and O–H groups in total. The number of imidazole rings is 1. The standard InChI is InChI=1S/C38H31N3O/c1-22(2)28-20-29-24-12-5-7-16-31(24)39-21-30(29)35(23(3)4)36(28)41-33-18-9-8-17-32(33)40-38(41)27-15-11-14-26-25-13-6-10-19-34(25)42-37(26)27/h5-23H,1-4H3. The number of fused-ring (bicyclic) bond motifs is 7. The Morgan fingerprint density at radius 3 is 2.17 bits per heavy atom. The van der Waals surface area contributed by atoms with Gasteiger partial charge in [0.1, 0.15) is 17.0 Å². The molecule has 0 radical (unpaired) electrons.